The van der Waals surface area contributed by atoms with E-state index in [4.69, 9.17) is 5.11 Å². The third-order valence-electron chi connectivity index (χ3n) is 8.85. The normalized spacial score (nSPS) is 20.2. The van der Waals surface area contributed by atoms with Crippen LogP contribution >= 0.6 is 0 Å². The summed E-state index contributed by atoms with van der Waals surface area (Å²) in [6.07, 6.45) is 3.15. The van der Waals surface area contributed by atoms with Gasteiger partial charge in [0.15, 0.2) is 0 Å². The van der Waals surface area contributed by atoms with E-state index in [9.17, 15) is 32.0 Å². The minimum Gasteiger partial charge on any atom is -0.464 e. The molecule has 1 aliphatic carbocycles. The van der Waals surface area contributed by atoms with Gasteiger partial charge in [-0.2, -0.15) is 17.8 Å². The predicted octanol–water partition coefficient (Wildman–Crippen LogP) is 1.93. The number of rotatable bonds is 8. The molecule has 46 heavy (non-hydrogen) atoms. The number of fused-ring (bicyclic) bond motifs is 2. The van der Waals surface area contributed by atoms with E-state index in [1.54, 1.807) is 10.9 Å². The Kier molecular flexibility index (Phi) is 8.02. The molecule has 1 spiro atoms. The van der Waals surface area contributed by atoms with E-state index in [2.05, 4.69) is 10.4 Å². The van der Waals surface area contributed by atoms with E-state index in [1.807, 2.05) is 31.4 Å². The van der Waals surface area contributed by atoms with Crippen LogP contribution in [0.1, 0.15) is 36.0 Å². The zero-order chi connectivity index (χ0) is 32.8. The summed E-state index contributed by atoms with van der Waals surface area (Å²) in [5.74, 6) is -1.53. The zero-order valence-electron chi connectivity index (χ0n) is 24.8. The van der Waals surface area contributed by atoms with Crippen molar-refractivity contribution in [3.8, 4) is 11.1 Å². The number of urea groups is 1. The third-order valence-corrected chi connectivity index (χ3v) is 10.3. The lowest BCUT2D eigenvalue weighted by Crippen LogP contribution is -2.53. The van der Waals surface area contributed by atoms with Crippen LogP contribution in [-0.4, -0.2) is 87.0 Å². The van der Waals surface area contributed by atoms with Crippen molar-refractivity contribution in [1.82, 2.24) is 33.9 Å². The summed E-state index contributed by atoms with van der Waals surface area (Å²) >= 11 is 0. The summed E-state index contributed by atoms with van der Waals surface area (Å²) in [6, 6.07) is 10.0. The first-order valence-corrected chi connectivity index (χ1v) is 16.1. The molecule has 5 amide bonds. The van der Waals surface area contributed by atoms with Crippen molar-refractivity contribution < 1.29 is 37.1 Å². The highest BCUT2D eigenvalue weighted by Crippen LogP contribution is 2.42. The van der Waals surface area contributed by atoms with Crippen LogP contribution in [-0.2, 0) is 45.4 Å². The molecule has 2 fully saturated rings. The number of hydrogen-bond acceptors (Lipinski definition) is 7. The molecule has 1 aromatic heterocycles. The van der Waals surface area contributed by atoms with Crippen molar-refractivity contribution in [3.05, 3.63) is 77.4 Å². The van der Waals surface area contributed by atoms with E-state index in [1.165, 1.54) is 33.9 Å². The van der Waals surface area contributed by atoms with Crippen molar-refractivity contribution in [1.29, 1.82) is 0 Å². The van der Waals surface area contributed by atoms with Gasteiger partial charge in [0.1, 0.15) is 17.9 Å². The highest BCUT2D eigenvalue weighted by atomic mass is 32.2. The molecule has 2 aliphatic heterocycles. The zero-order valence-corrected chi connectivity index (χ0v) is 25.7. The summed E-state index contributed by atoms with van der Waals surface area (Å²) in [4.78, 5) is 54.4. The standard InChI is InChI=1S/C30H32FN7O7S/c1-35-17-22(15-32-35)20-4-7-25-21(14-20)8-11-30(25)27(40)38(28(41)33-30)18-26(39)37(16-19-2-5-23(31)6-3-19)24-9-12-36(13-10-24)46(44,45)34-29(42)43/h2-7,14-15,17,24,34H,8-13,16,18H2,1H3,(H,33,41)(H,42,43). The maximum absolute atomic E-state index is 13.9. The fraction of sp³-hybridized carbons (Fsp3) is 0.367. The average Bonchev–Trinajstić information content (AvgIpc) is 3.68. The van der Waals surface area contributed by atoms with Crippen LogP contribution < -0.4 is 10.0 Å². The van der Waals surface area contributed by atoms with Crippen molar-refractivity contribution in [3.63, 3.8) is 0 Å². The number of aryl methyl sites for hydroxylation is 2. The Balaban J connectivity index is 1.21. The van der Waals surface area contributed by atoms with E-state index < -0.39 is 58.1 Å². The Labute approximate surface area is 263 Å². The minimum absolute atomic E-state index is 0.0264. The van der Waals surface area contributed by atoms with Crippen molar-refractivity contribution in [2.24, 2.45) is 7.05 Å². The smallest absolute Gasteiger partial charge is 0.419 e. The van der Waals surface area contributed by atoms with Gasteiger partial charge in [0.05, 0.1) is 6.20 Å². The molecule has 3 N–H and O–H groups in total. The lowest BCUT2D eigenvalue weighted by atomic mass is 9.90. The van der Waals surface area contributed by atoms with Crippen LogP contribution in [0.15, 0.2) is 54.9 Å². The summed E-state index contributed by atoms with van der Waals surface area (Å²) in [6.45, 7) is -0.649. The molecule has 1 atom stereocenters. The van der Waals surface area contributed by atoms with Gasteiger partial charge in [-0.25, -0.2) is 18.7 Å². The molecule has 3 aromatic rings. The molecule has 0 bridgehead atoms. The number of aromatic nitrogens is 2. The molecule has 3 aliphatic rings. The molecule has 1 unspecified atom stereocenters. The molecule has 2 saturated heterocycles. The van der Waals surface area contributed by atoms with Crippen molar-refractivity contribution in [2.75, 3.05) is 19.6 Å². The van der Waals surface area contributed by atoms with Gasteiger partial charge < -0.3 is 15.3 Å². The molecular formula is C30H32FN7O7S. The second-order valence-electron chi connectivity index (χ2n) is 11.7. The van der Waals surface area contributed by atoms with Gasteiger partial charge in [-0.3, -0.25) is 19.2 Å². The Hall–Kier alpha value is -4.83. The molecule has 16 heteroatoms. The molecule has 6 rings (SSSR count). The van der Waals surface area contributed by atoms with Crippen LogP contribution in [0.4, 0.5) is 14.0 Å². The molecule has 3 heterocycles. The molecule has 14 nitrogen and oxygen atoms in total. The molecule has 2 aromatic carbocycles. The number of amides is 5. The summed E-state index contributed by atoms with van der Waals surface area (Å²) in [7, 11) is -2.45. The fourth-order valence-corrected chi connectivity index (χ4v) is 7.59. The van der Waals surface area contributed by atoms with Gasteiger partial charge in [-0.1, -0.05) is 30.3 Å². The summed E-state index contributed by atoms with van der Waals surface area (Å²) < 4.78 is 42.5. The van der Waals surface area contributed by atoms with Gasteiger partial charge in [-0.05, 0) is 60.1 Å². The second-order valence-corrected chi connectivity index (χ2v) is 13.4. The van der Waals surface area contributed by atoms with E-state index in [0.29, 0.717) is 24.0 Å². The Morgan fingerprint density at radius 1 is 1.13 bits per heavy atom. The highest BCUT2D eigenvalue weighted by molar-refractivity contribution is 7.87. The number of imide groups is 1. The number of nitrogens with zero attached hydrogens (tertiary/aromatic N) is 5. The van der Waals surface area contributed by atoms with Crippen LogP contribution in [0.2, 0.25) is 0 Å². The second kappa shape index (κ2) is 11.8. The number of carboxylic acid groups (broad SMARTS) is 1. The fourth-order valence-electron chi connectivity index (χ4n) is 6.55. The summed E-state index contributed by atoms with van der Waals surface area (Å²) in [5.41, 5.74) is 2.75. The Morgan fingerprint density at radius 2 is 1.85 bits per heavy atom. The Bertz CT molecular complexity index is 1820. The molecule has 242 valence electrons. The monoisotopic (exact) mass is 653 g/mol. The number of carbonyl (C=O) groups is 4. The van der Waals surface area contributed by atoms with E-state index in [-0.39, 0.29) is 32.5 Å². The maximum Gasteiger partial charge on any atom is 0.419 e. The largest absolute Gasteiger partial charge is 0.464 e. The van der Waals surface area contributed by atoms with Gasteiger partial charge in [0, 0.05) is 44.5 Å². The van der Waals surface area contributed by atoms with Crippen molar-refractivity contribution >= 4 is 34.1 Å². The van der Waals surface area contributed by atoms with E-state index >= 15 is 0 Å². The maximum atomic E-state index is 13.9. The number of halogens is 1. The first-order chi connectivity index (χ1) is 21.9. The third kappa shape index (κ3) is 5.80. The van der Waals surface area contributed by atoms with Crippen molar-refractivity contribution in [2.45, 2.75) is 43.8 Å². The quantitative estimate of drug-likeness (QED) is 0.309. The molecule has 0 saturated carbocycles. The van der Waals surface area contributed by atoms with E-state index in [0.717, 1.165) is 25.9 Å². The van der Waals surface area contributed by atoms with Crippen LogP contribution in [0.25, 0.3) is 11.1 Å². The summed E-state index contributed by atoms with van der Waals surface area (Å²) in [5, 5.41) is 15.9. The van der Waals surface area contributed by atoms with Gasteiger partial charge in [-0.15, -0.1) is 0 Å². The highest BCUT2D eigenvalue weighted by Gasteiger charge is 2.56. The van der Waals surface area contributed by atoms with Crippen LogP contribution in [0, 0.1) is 5.82 Å². The number of benzene rings is 2. The topological polar surface area (TPSA) is 174 Å². The van der Waals surface area contributed by atoms with Gasteiger partial charge in [0.25, 0.3) is 5.91 Å². The molecule has 0 radical (unpaired) electrons. The minimum atomic E-state index is -4.28. The number of piperidine rings is 1. The Morgan fingerprint density at radius 3 is 2.50 bits per heavy atom. The predicted molar refractivity (Wildman–Crippen MR) is 161 cm³/mol. The SMILES string of the molecule is Cn1cc(-c2ccc3c(c2)CCC32NC(=O)N(CC(=O)N(Cc3ccc(F)cc3)C3CCN(S(=O)(=O)NC(=O)O)CC3)C2=O)cn1. The lowest BCUT2D eigenvalue weighted by molar-refractivity contribution is -0.141. The van der Waals surface area contributed by atoms with Gasteiger partial charge in [0.2, 0.25) is 5.91 Å². The molecular weight excluding hydrogens is 621 g/mol. The number of carbonyl (C=O) groups excluding carboxylic acids is 3. The first kappa shape index (κ1) is 31.2. The number of hydrogen-bond donors (Lipinski definition) is 3. The number of nitrogens with one attached hydrogen (secondary N) is 2. The first-order valence-electron chi connectivity index (χ1n) is 14.7. The van der Waals surface area contributed by atoms with Crippen LogP contribution in [0.5, 0.6) is 0 Å². The van der Waals surface area contributed by atoms with Gasteiger partial charge >= 0.3 is 22.3 Å². The lowest BCUT2D eigenvalue weighted by Gasteiger charge is -2.38. The van der Waals surface area contributed by atoms with Crippen LogP contribution in [0.3, 0.4) is 0 Å². The average molecular weight is 654 g/mol.